The van der Waals surface area contributed by atoms with E-state index in [1.165, 1.54) is 43.4 Å². The van der Waals surface area contributed by atoms with Gasteiger partial charge in [0.2, 0.25) is 0 Å². The lowest BCUT2D eigenvalue weighted by Crippen LogP contribution is -2.10. The number of hydrogen-bond donors (Lipinski definition) is 0. The van der Waals surface area contributed by atoms with E-state index < -0.39 is 0 Å². The fourth-order valence-electron chi connectivity index (χ4n) is 9.90. The second kappa shape index (κ2) is 14.9. The van der Waals surface area contributed by atoms with Crippen LogP contribution < -0.4 is 4.90 Å². The van der Waals surface area contributed by atoms with Gasteiger partial charge in [-0.2, -0.15) is 10.2 Å². The van der Waals surface area contributed by atoms with E-state index in [2.05, 4.69) is 225 Å². The van der Waals surface area contributed by atoms with Crippen LogP contribution in [0.25, 0.3) is 109 Å². The summed E-state index contributed by atoms with van der Waals surface area (Å²) in [5.41, 5.74) is 11.9. The molecule has 0 aliphatic carbocycles. The Morgan fingerprint density at radius 2 is 0.708 bits per heavy atom. The molecular weight excluding hydrogens is 791 g/mol. The summed E-state index contributed by atoms with van der Waals surface area (Å²) in [6.45, 7) is 0. The van der Waals surface area contributed by atoms with Gasteiger partial charge >= 0.3 is 0 Å². The minimum Gasteiger partial charge on any atom is -0.310 e. The molecule has 2 heterocycles. The highest BCUT2D eigenvalue weighted by molar-refractivity contribution is 6.14. The van der Waals surface area contributed by atoms with Crippen LogP contribution in [0.1, 0.15) is 0 Å². The van der Waals surface area contributed by atoms with Crippen LogP contribution in [0.2, 0.25) is 0 Å². The second-order valence-electron chi connectivity index (χ2n) is 16.8. The normalized spacial score (nSPS) is 11.7. The van der Waals surface area contributed by atoms with Gasteiger partial charge in [-0.25, -0.2) is 0 Å². The predicted molar refractivity (Wildman–Crippen MR) is 271 cm³/mol. The highest BCUT2D eigenvalue weighted by Gasteiger charge is 2.17. The Bertz CT molecular complexity index is 3850. The van der Waals surface area contributed by atoms with Crippen LogP contribution in [-0.4, -0.2) is 20.4 Å². The molecule has 2 aromatic heterocycles. The minimum absolute atomic E-state index is 0.909. The van der Waals surface area contributed by atoms with Crippen molar-refractivity contribution in [3.05, 3.63) is 225 Å². The summed E-state index contributed by atoms with van der Waals surface area (Å²) < 4.78 is 0. The van der Waals surface area contributed by atoms with Crippen LogP contribution >= 0.6 is 0 Å². The minimum atomic E-state index is 0.909. The average Bonchev–Trinajstić information content (AvgIpc) is 3.38. The number of hydrogen-bond acceptors (Lipinski definition) is 5. The Balaban J connectivity index is 0.926. The molecule has 65 heavy (non-hydrogen) atoms. The fraction of sp³-hybridized carbons (Fsp3) is 0. The molecule has 0 aliphatic rings. The van der Waals surface area contributed by atoms with Gasteiger partial charge in [0.15, 0.2) is 0 Å². The molecule has 0 saturated heterocycles. The Morgan fingerprint density at radius 3 is 1.31 bits per heavy atom. The molecule has 0 radical (unpaired) electrons. The predicted octanol–water partition coefficient (Wildman–Crippen LogP) is 15.8. The standard InChI is InChI=1S/C60H37N5/c1-2-6-45-35-46(16-11-38(45)5-1)47-23-29-53-48(36-47)17-18-49-37-52(28-30-54(49)53)65(50-24-19-39(20-25-50)55-9-3-7-41-12-14-43-31-33-61-63-59(43)57(41)55)51-26-21-40(22-27-51)56-10-4-8-42-13-15-44-32-34-62-64-60(44)58(42)56/h1-37H. The first-order chi connectivity index (χ1) is 32.2. The molecule has 0 N–H and O–H groups in total. The molecule has 0 spiro atoms. The van der Waals surface area contributed by atoms with E-state index in [0.717, 1.165) is 82.7 Å². The van der Waals surface area contributed by atoms with E-state index in [1.54, 1.807) is 12.4 Å². The number of rotatable bonds is 6. The lowest BCUT2D eigenvalue weighted by molar-refractivity contribution is 1.08. The van der Waals surface area contributed by atoms with Crippen molar-refractivity contribution in [1.82, 2.24) is 20.4 Å². The van der Waals surface area contributed by atoms with Crippen molar-refractivity contribution >= 4 is 92.7 Å². The molecule has 0 unspecified atom stereocenters. The largest absolute Gasteiger partial charge is 0.310 e. The lowest BCUT2D eigenvalue weighted by atomic mass is 9.95. The number of nitrogens with zero attached hydrogens (tertiary/aromatic N) is 5. The average molecular weight is 828 g/mol. The van der Waals surface area contributed by atoms with Gasteiger partial charge in [0.05, 0.1) is 12.4 Å². The third-order valence-electron chi connectivity index (χ3n) is 13.1. The Morgan fingerprint density at radius 1 is 0.277 bits per heavy atom. The molecule has 0 fully saturated rings. The van der Waals surface area contributed by atoms with Gasteiger partial charge < -0.3 is 4.90 Å². The van der Waals surface area contributed by atoms with Crippen LogP contribution in [0.3, 0.4) is 0 Å². The van der Waals surface area contributed by atoms with Crippen molar-refractivity contribution in [2.24, 2.45) is 0 Å². The Hall–Kier alpha value is -8.80. The summed E-state index contributed by atoms with van der Waals surface area (Å²) in [4.78, 5) is 2.36. The molecule has 302 valence electrons. The van der Waals surface area contributed by atoms with Crippen LogP contribution in [-0.2, 0) is 0 Å². The number of anilines is 3. The topological polar surface area (TPSA) is 54.8 Å². The second-order valence-corrected chi connectivity index (χ2v) is 16.8. The van der Waals surface area contributed by atoms with Crippen molar-refractivity contribution in [3.63, 3.8) is 0 Å². The van der Waals surface area contributed by atoms with Gasteiger partial charge in [-0.15, -0.1) is 10.2 Å². The van der Waals surface area contributed by atoms with E-state index in [1.807, 2.05) is 12.1 Å². The number of benzene rings is 11. The van der Waals surface area contributed by atoms with Crippen molar-refractivity contribution in [1.29, 1.82) is 0 Å². The first kappa shape index (κ1) is 36.8. The van der Waals surface area contributed by atoms with E-state index in [9.17, 15) is 0 Å². The zero-order valence-corrected chi connectivity index (χ0v) is 35.1. The summed E-state index contributed by atoms with van der Waals surface area (Å²) in [6.07, 6.45) is 3.51. The quantitative estimate of drug-likeness (QED) is 0.156. The molecule has 13 rings (SSSR count). The molecule has 13 aromatic rings. The molecule has 11 aromatic carbocycles. The summed E-state index contributed by atoms with van der Waals surface area (Å²) in [6, 6.07) is 76.9. The van der Waals surface area contributed by atoms with Crippen molar-refractivity contribution in [2.75, 3.05) is 4.90 Å². The van der Waals surface area contributed by atoms with Gasteiger partial charge in [0, 0.05) is 38.6 Å². The summed E-state index contributed by atoms with van der Waals surface area (Å²) in [7, 11) is 0. The molecule has 0 atom stereocenters. The highest BCUT2D eigenvalue weighted by Crippen LogP contribution is 2.42. The molecule has 0 saturated carbocycles. The molecule has 5 heteroatoms. The van der Waals surface area contributed by atoms with Crippen molar-refractivity contribution < 1.29 is 0 Å². The maximum absolute atomic E-state index is 4.59. The van der Waals surface area contributed by atoms with Crippen molar-refractivity contribution in [2.45, 2.75) is 0 Å². The first-order valence-electron chi connectivity index (χ1n) is 21.9. The Kier molecular flexibility index (Phi) is 8.46. The van der Waals surface area contributed by atoms with Crippen LogP contribution in [0.5, 0.6) is 0 Å². The zero-order chi connectivity index (χ0) is 42.8. The van der Waals surface area contributed by atoms with Crippen LogP contribution in [0, 0.1) is 0 Å². The van der Waals surface area contributed by atoms with Gasteiger partial charge in [0.25, 0.3) is 0 Å². The summed E-state index contributed by atoms with van der Waals surface area (Å²) in [5, 5.41) is 31.7. The third-order valence-corrected chi connectivity index (χ3v) is 13.1. The van der Waals surface area contributed by atoms with E-state index >= 15 is 0 Å². The molecule has 5 nitrogen and oxygen atoms in total. The van der Waals surface area contributed by atoms with Crippen LogP contribution in [0.4, 0.5) is 17.1 Å². The SMILES string of the molecule is c1ccc2cc(-c3ccc4c(ccc5cc(N(c6ccc(-c7cccc8ccc9ccnnc9c78)cc6)c6ccc(-c7cccc8ccc9ccnnc9c78)cc6)ccc54)c3)ccc2c1. The summed E-state index contributed by atoms with van der Waals surface area (Å²) in [5.74, 6) is 0. The number of fused-ring (bicyclic) bond motifs is 10. The van der Waals surface area contributed by atoms with Gasteiger partial charge in [-0.1, -0.05) is 152 Å². The van der Waals surface area contributed by atoms with E-state index in [-0.39, 0.29) is 0 Å². The van der Waals surface area contributed by atoms with Crippen LogP contribution in [0.15, 0.2) is 225 Å². The molecule has 0 bridgehead atoms. The van der Waals surface area contributed by atoms with Crippen molar-refractivity contribution in [3.8, 4) is 33.4 Å². The first-order valence-corrected chi connectivity index (χ1v) is 21.9. The summed E-state index contributed by atoms with van der Waals surface area (Å²) >= 11 is 0. The monoisotopic (exact) mass is 827 g/mol. The van der Waals surface area contributed by atoms with E-state index in [4.69, 9.17) is 0 Å². The molecule has 0 aliphatic heterocycles. The maximum atomic E-state index is 4.59. The molecular formula is C60H37N5. The van der Waals surface area contributed by atoms with Gasteiger partial charge in [-0.3, -0.25) is 0 Å². The van der Waals surface area contributed by atoms with Gasteiger partial charge in [-0.05, 0) is 137 Å². The Labute approximate surface area is 374 Å². The zero-order valence-electron chi connectivity index (χ0n) is 35.1. The third kappa shape index (κ3) is 6.24. The fourth-order valence-corrected chi connectivity index (χ4v) is 9.90. The molecule has 0 amide bonds. The maximum Gasteiger partial charge on any atom is 0.101 e. The lowest BCUT2D eigenvalue weighted by Gasteiger charge is -2.26. The number of aromatic nitrogens is 4. The smallest absolute Gasteiger partial charge is 0.101 e. The van der Waals surface area contributed by atoms with Gasteiger partial charge in [0.1, 0.15) is 11.0 Å². The highest BCUT2D eigenvalue weighted by atomic mass is 15.1. The van der Waals surface area contributed by atoms with E-state index in [0.29, 0.717) is 0 Å².